The van der Waals surface area contributed by atoms with E-state index in [2.05, 4.69) is 0 Å². The van der Waals surface area contributed by atoms with E-state index in [1.807, 2.05) is 42.5 Å². The molecule has 1 saturated heterocycles. The standard InChI is InChI=1S/C24H23ClN2O4/c1-17(31-21-10-9-19(16-20(21)25)18-6-3-2-4-7-18)23(28)26-11-13-27(14-12-26)24(29)22-8-5-15-30-22/h2-10,15-17H,11-14H2,1H3/t17-/m1/s1. The normalized spacial score (nSPS) is 14.9. The van der Waals surface area contributed by atoms with Crippen LogP contribution in [0, 0.1) is 0 Å². The van der Waals surface area contributed by atoms with Gasteiger partial charge in [0.05, 0.1) is 11.3 Å². The largest absolute Gasteiger partial charge is 0.479 e. The Balaban J connectivity index is 1.34. The lowest BCUT2D eigenvalue weighted by molar-refractivity contribution is -0.139. The van der Waals surface area contributed by atoms with Crippen molar-refractivity contribution in [2.45, 2.75) is 13.0 Å². The summed E-state index contributed by atoms with van der Waals surface area (Å²) in [6, 6.07) is 18.8. The average Bonchev–Trinajstić information content (AvgIpc) is 3.35. The second kappa shape index (κ2) is 9.27. The third kappa shape index (κ3) is 4.75. The van der Waals surface area contributed by atoms with Crippen LogP contribution in [0.1, 0.15) is 17.5 Å². The molecular formula is C24H23ClN2O4. The molecule has 31 heavy (non-hydrogen) atoms. The zero-order valence-corrected chi connectivity index (χ0v) is 17.9. The number of nitrogens with zero attached hydrogens (tertiary/aromatic N) is 2. The molecule has 160 valence electrons. The molecule has 0 saturated carbocycles. The highest BCUT2D eigenvalue weighted by molar-refractivity contribution is 6.32. The van der Waals surface area contributed by atoms with Gasteiger partial charge in [0.15, 0.2) is 11.9 Å². The van der Waals surface area contributed by atoms with E-state index < -0.39 is 6.10 Å². The predicted octanol–water partition coefficient (Wildman–Crippen LogP) is 4.35. The maximum Gasteiger partial charge on any atom is 0.289 e. The van der Waals surface area contributed by atoms with Gasteiger partial charge in [-0.15, -0.1) is 0 Å². The van der Waals surface area contributed by atoms with Crippen LogP contribution >= 0.6 is 11.6 Å². The summed E-state index contributed by atoms with van der Waals surface area (Å²) in [5.74, 6) is 0.485. The Morgan fingerprint density at radius 2 is 1.65 bits per heavy atom. The van der Waals surface area contributed by atoms with Crippen LogP contribution < -0.4 is 4.74 Å². The van der Waals surface area contributed by atoms with Gasteiger partial charge in [0.2, 0.25) is 0 Å². The van der Waals surface area contributed by atoms with Crippen molar-refractivity contribution in [1.82, 2.24) is 9.80 Å². The highest BCUT2D eigenvalue weighted by Crippen LogP contribution is 2.31. The molecule has 0 unspecified atom stereocenters. The van der Waals surface area contributed by atoms with Crippen LogP contribution in [0.4, 0.5) is 0 Å². The van der Waals surface area contributed by atoms with E-state index in [-0.39, 0.29) is 11.8 Å². The van der Waals surface area contributed by atoms with Gasteiger partial charge in [-0.1, -0.05) is 48.0 Å². The molecule has 0 spiro atoms. The van der Waals surface area contributed by atoms with Gasteiger partial charge < -0.3 is 19.0 Å². The van der Waals surface area contributed by atoms with Gasteiger partial charge in [-0.3, -0.25) is 9.59 Å². The number of carbonyl (C=O) groups is 2. The van der Waals surface area contributed by atoms with Crippen molar-refractivity contribution in [3.63, 3.8) is 0 Å². The van der Waals surface area contributed by atoms with Crippen molar-refractivity contribution in [3.05, 3.63) is 77.7 Å². The monoisotopic (exact) mass is 438 g/mol. The van der Waals surface area contributed by atoms with Crippen molar-refractivity contribution in [3.8, 4) is 16.9 Å². The molecular weight excluding hydrogens is 416 g/mol. The summed E-state index contributed by atoms with van der Waals surface area (Å²) in [4.78, 5) is 28.6. The fourth-order valence-corrected chi connectivity index (χ4v) is 3.82. The quantitative estimate of drug-likeness (QED) is 0.594. The molecule has 3 aromatic rings. The molecule has 0 aliphatic carbocycles. The number of benzene rings is 2. The van der Waals surface area contributed by atoms with Gasteiger partial charge in [-0.05, 0) is 42.3 Å². The summed E-state index contributed by atoms with van der Waals surface area (Å²) >= 11 is 6.41. The van der Waals surface area contributed by atoms with Crippen molar-refractivity contribution in [1.29, 1.82) is 0 Å². The molecule has 0 bridgehead atoms. The van der Waals surface area contributed by atoms with Crippen LogP contribution in [-0.2, 0) is 4.79 Å². The molecule has 2 amide bonds. The minimum Gasteiger partial charge on any atom is -0.479 e. The molecule has 1 atom stereocenters. The first-order chi connectivity index (χ1) is 15.0. The molecule has 0 N–H and O–H groups in total. The minimum absolute atomic E-state index is 0.131. The van der Waals surface area contributed by atoms with Crippen molar-refractivity contribution >= 4 is 23.4 Å². The third-order valence-corrected chi connectivity index (χ3v) is 5.60. The van der Waals surface area contributed by atoms with E-state index in [9.17, 15) is 9.59 Å². The molecule has 6 nitrogen and oxygen atoms in total. The molecule has 1 aliphatic heterocycles. The Morgan fingerprint density at radius 1 is 0.935 bits per heavy atom. The molecule has 7 heteroatoms. The number of furan rings is 1. The number of ether oxygens (including phenoxy) is 1. The summed E-state index contributed by atoms with van der Waals surface area (Å²) in [5, 5.41) is 0.454. The van der Waals surface area contributed by atoms with Gasteiger partial charge in [0.1, 0.15) is 5.75 Å². The highest BCUT2D eigenvalue weighted by atomic mass is 35.5. The van der Waals surface area contributed by atoms with Gasteiger partial charge in [0, 0.05) is 26.2 Å². The summed E-state index contributed by atoms with van der Waals surface area (Å²) in [7, 11) is 0. The number of hydrogen-bond acceptors (Lipinski definition) is 4. The van der Waals surface area contributed by atoms with E-state index in [0.717, 1.165) is 11.1 Å². The lowest BCUT2D eigenvalue weighted by Gasteiger charge is -2.35. The number of rotatable bonds is 5. The Labute approximate surface area is 186 Å². The van der Waals surface area contributed by atoms with E-state index >= 15 is 0 Å². The Hall–Kier alpha value is -3.25. The van der Waals surface area contributed by atoms with Crippen LogP contribution in [0.25, 0.3) is 11.1 Å². The van der Waals surface area contributed by atoms with Crippen molar-refractivity contribution < 1.29 is 18.7 Å². The molecule has 1 aromatic heterocycles. The van der Waals surface area contributed by atoms with Crippen LogP contribution in [0.5, 0.6) is 5.75 Å². The number of piperazine rings is 1. The van der Waals surface area contributed by atoms with E-state index in [1.54, 1.807) is 34.9 Å². The van der Waals surface area contributed by atoms with E-state index in [4.69, 9.17) is 20.8 Å². The number of amides is 2. The second-order valence-electron chi connectivity index (χ2n) is 7.37. The molecule has 1 fully saturated rings. The number of hydrogen-bond donors (Lipinski definition) is 0. The second-order valence-corrected chi connectivity index (χ2v) is 7.77. The Kier molecular flexibility index (Phi) is 6.28. The molecule has 1 aliphatic rings. The summed E-state index contributed by atoms with van der Waals surface area (Å²) < 4.78 is 11.0. The SMILES string of the molecule is C[C@@H](Oc1ccc(-c2ccccc2)cc1Cl)C(=O)N1CCN(C(=O)c2ccco2)CC1. The summed E-state index contributed by atoms with van der Waals surface area (Å²) in [5.41, 5.74) is 2.04. The average molecular weight is 439 g/mol. The van der Waals surface area contributed by atoms with Gasteiger partial charge in [0.25, 0.3) is 11.8 Å². The van der Waals surface area contributed by atoms with Crippen LogP contribution in [0.15, 0.2) is 71.3 Å². The predicted molar refractivity (Wildman–Crippen MR) is 118 cm³/mol. The zero-order valence-electron chi connectivity index (χ0n) is 17.2. The molecule has 2 heterocycles. The first-order valence-electron chi connectivity index (χ1n) is 10.2. The number of halogens is 1. The van der Waals surface area contributed by atoms with Crippen molar-refractivity contribution in [2.24, 2.45) is 0 Å². The third-order valence-electron chi connectivity index (χ3n) is 5.30. The van der Waals surface area contributed by atoms with Crippen LogP contribution in [0.2, 0.25) is 5.02 Å². The molecule has 0 radical (unpaired) electrons. The van der Waals surface area contributed by atoms with Gasteiger partial charge >= 0.3 is 0 Å². The topological polar surface area (TPSA) is 63.0 Å². The van der Waals surface area contributed by atoms with E-state index in [0.29, 0.717) is 42.7 Å². The fraction of sp³-hybridized carbons (Fsp3) is 0.250. The first-order valence-corrected chi connectivity index (χ1v) is 10.5. The van der Waals surface area contributed by atoms with Crippen LogP contribution in [-0.4, -0.2) is 53.9 Å². The van der Waals surface area contributed by atoms with Crippen LogP contribution in [0.3, 0.4) is 0 Å². The fourth-order valence-electron chi connectivity index (χ4n) is 3.59. The zero-order chi connectivity index (χ0) is 21.8. The van der Waals surface area contributed by atoms with E-state index in [1.165, 1.54) is 6.26 Å². The maximum absolute atomic E-state index is 12.8. The summed E-state index contributed by atoms with van der Waals surface area (Å²) in [6.07, 6.45) is 0.788. The minimum atomic E-state index is -0.688. The first kappa shape index (κ1) is 21.0. The Bertz CT molecular complexity index is 1040. The van der Waals surface area contributed by atoms with Crippen molar-refractivity contribution in [2.75, 3.05) is 26.2 Å². The molecule has 2 aromatic carbocycles. The lowest BCUT2D eigenvalue weighted by Crippen LogP contribution is -2.53. The number of carbonyl (C=O) groups excluding carboxylic acids is 2. The van der Waals surface area contributed by atoms with Gasteiger partial charge in [-0.2, -0.15) is 0 Å². The highest BCUT2D eigenvalue weighted by Gasteiger charge is 2.29. The maximum atomic E-state index is 12.8. The smallest absolute Gasteiger partial charge is 0.289 e. The van der Waals surface area contributed by atoms with Gasteiger partial charge in [-0.25, -0.2) is 0 Å². The Morgan fingerprint density at radius 3 is 2.29 bits per heavy atom. The lowest BCUT2D eigenvalue weighted by atomic mass is 10.1. The summed E-state index contributed by atoms with van der Waals surface area (Å²) in [6.45, 7) is 3.50. The molecule has 4 rings (SSSR count).